The van der Waals surface area contributed by atoms with Crippen molar-refractivity contribution in [3.8, 4) is 0 Å². The van der Waals surface area contributed by atoms with Crippen LogP contribution in [-0.2, 0) is 14.8 Å². The van der Waals surface area contributed by atoms with E-state index >= 15 is 0 Å². The van der Waals surface area contributed by atoms with Crippen LogP contribution in [0, 0.1) is 12.7 Å². The van der Waals surface area contributed by atoms with E-state index in [0.717, 1.165) is 11.6 Å². The highest BCUT2D eigenvalue weighted by Crippen LogP contribution is 2.25. The van der Waals surface area contributed by atoms with E-state index in [1.807, 2.05) is 12.1 Å². The lowest BCUT2D eigenvalue weighted by Gasteiger charge is -2.33. The van der Waals surface area contributed by atoms with E-state index in [0.29, 0.717) is 36.0 Å². The smallest absolute Gasteiger partial charge is 0.261 e. The number of halogens is 2. The predicted octanol–water partition coefficient (Wildman–Crippen LogP) is 4.80. The number of carbonyl (C=O) groups excluding carboxylic acids is 1. The zero-order valence-corrected chi connectivity index (χ0v) is 19.4. The molecule has 0 bridgehead atoms. The number of ether oxygens (including phenoxy) is 1. The van der Waals surface area contributed by atoms with Gasteiger partial charge < -0.3 is 9.64 Å². The van der Waals surface area contributed by atoms with Gasteiger partial charge in [0.15, 0.2) is 0 Å². The molecule has 9 heteroatoms. The van der Waals surface area contributed by atoms with Gasteiger partial charge in [0.25, 0.3) is 15.9 Å². The molecule has 3 aromatic rings. The molecule has 6 nitrogen and oxygen atoms in total. The van der Waals surface area contributed by atoms with E-state index in [1.165, 1.54) is 31.2 Å². The van der Waals surface area contributed by atoms with Gasteiger partial charge in [0.1, 0.15) is 11.9 Å². The van der Waals surface area contributed by atoms with Gasteiger partial charge in [0, 0.05) is 22.8 Å². The number of sulfonamides is 1. The fourth-order valence-electron chi connectivity index (χ4n) is 3.57. The molecule has 33 heavy (non-hydrogen) atoms. The molecule has 1 amide bonds. The third kappa shape index (κ3) is 5.35. The van der Waals surface area contributed by atoms with E-state index in [9.17, 15) is 17.6 Å². The zero-order chi connectivity index (χ0) is 23.6. The molecular weight excluding hydrogens is 467 g/mol. The van der Waals surface area contributed by atoms with E-state index in [-0.39, 0.29) is 22.5 Å². The highest BCUT2D eigenvalue weighted by Gasteiger charge is 2.26. The summed E-state index contributed by atoms with van der Waals surface area (Å²) in [5.41, 5.74) is 1.92. The summed E-state index contributed by atoms with van der Waals surface area (Å²) in [6.45, 7) is 2.77. The Morgan fingerprint density at radius 2 is 1.79 bits per heavy atom. The second-order valence-corrected chi connectivity index (χ2v) is 9.87. The van der Waals surface area contributed by atoms with Crippen LogP contribution in [0.4, 0.5) is 10.1 Å². The van der Waals surface area contributed by atoms with Gasteiger partial charge in [-0.05, 0) is 72.6 Å². The predicted molar refractivity (Wildman–Crippen MR) is 124 cm³/mol. The third-order valence-corrected chi connectivity index (χ3v) is 7.05. The number of morpholine rings is 1. The normalized spacial score (nSPS) is 16.5. The lowest BCUT2D eigenvalue weighted by Crippen LogP contribution is -2.42. The van der Waals surface area contributed by atoms with Crippen LogP contribution in [-0.4, -0.2) is 38.9 Å². The third-order valence-electron chi connectivity index (χ3n) is 5.42. The number of benzene rings is 3. The fourth-order valence-corrected chi connectivity index (χ4v) is 4.84. The van der Waals surface area contributed by atoms with Crippen molar-refractivity contribution in [2.24, 2.45) is 0 Å². The molecule has 1 saturated heterocycles. The molecule has 0 aliphatic carbocycles. The minimum absolute atomic E-state index is 0.0388. The van der Waals surface area contributed by atoms with Crippen molar-refractivity contribution in [1.82, 2.24) is 4.90 Å². The Labute approximate surface area is 197 Å². The fraction of sp³-hybridized carbons (Fsp3) is 0.208. The van der Waals surface area contributed by atoms with E-state index < -0.39 is 15.8 Å². The van der Waals surface area contributed by atoms with Crippen molar-refractivity contribution >= 4 is 33.2 Å². The Morgan fingerprint density at radius 3 is 2.45 bits per heavy atom. The van der Waals surface area contributed by atoms with Crippen LogP contribution in [0.25, 0.3) is 0 Å². The first-order valence-electron chi connectivity index (χ1n) is 10.3. The van der Waals surface area contributed by atoms with E-state index in [4.69, 9.17) is 16.3 Å². The Balaban J connectivity index is 1.44. The summed E-state index contributed by atoms with van der Waals surface area (Å²) in [5, 5.41) is 0.632. The molecule has 1 aliphatic rings. The number of anilines is 1. The molecule has 172 valence electrons. The van der Waals surface area contributed by atoms with Gasteiger partial charge >= 0.3 is 0 Å². The number of hydrogen-bond donors (Lipinski definition) is 1. The highest BCUT2D eigenvalue weighted by molar-refractivity contribution is 7.92. The number of nitrogens with one attached hydrogen (secondary N) is 1. The van der Waals surface area contributed by atoms with Gasteiger partial charge in [-0.3, -0.25) is 9.52 Å². The zero-order valence-electron chi connectivity index (χ0n) is 17.8. The number of rotatable bonds is 5. The molecule has 1 atom stereocenters. The van der Waals surface area contributed by atoms with Gasteiger partial charge in [-0.1, -0.05) is 23.7 Å². The molecule has 1 heterocycles. The van der Waals surface area contributed by atoms with Crippen LogP contribution < -0.4 is 4.72 Å². The minimum Gasteiger partial charge on any atom is -0.370 e. The van der Waals surface area contributed by atoms with Crippen LogP contribution in [0.1, 0.15) is 27.6 Å². The maximum absolute atomic E-state index is 13.5. The summed E-state index contributed by atoms with van der Waals surface area (Å²) in [6, 6.07) is 17.1. The summed E-state index contributed by atoms with van der Waals surface area (Å²) in [7, 11) is -3.89. The van der Waals surface area contributed by atoms with Crippen molar-refractivity contribution in [2.45, 2.75) is 17.9 Å². The maximum atomic E-state index is 13.5. The minimum atomic E-state index is -3.89. The standard InChI is InChI=1S/C24H22ClFN2O4S/c1-16-14-21(10-11-22(16)26)33(30,31)27-20-8-4-18(5-9-20)24(29)28-12-13-32-23(15-28)17-2-6-19(25)7-3-17/h2-11,14,23,27H,12-13,15H2,1H3. The average molecular weight is 489 g/mol. The van der Waals surface area contributed by atoms with Gasteiger partial charge in [-0.15, -0.1) is 0 Å². The Bertz CT molecular complexity index is 1260. The molecule has 1 unspecified atom stereocenters. The molecule has 0 spiro atoms. The van der Waals surface area contributed by atoms with Crippen molar-refractivity contribution in [2.75, 3.05) is 24.4 Å². The highest BCUT2D eigenvalue weighted by atomic mass is 35.5. The summed E-state index contributed by atoms with van der Waals surface area (Å²) in [4.78, 5) is 14.7. The number of aryl methyl sites for hydroxylation is 1. The lowest BCUT2D eigenvalue weighted by molar-refractivity contribution is -0.0228. The van der Waals surface area contributed by atoms with Crippen molar-refractivity contribution in [3.05, 3.63) is 94.3 Å². The Morgan fingerprint density at radius 1 is 1.09 bits per heavy atom. The number of nitrogens with zero attached hydrogens (tertiary/aromatic N) is 1. The molecule has 3 aromatic carbocycles. The molecule has 1 N–H and O–H groups in total. The first-order valence-corrected chi connectivity index (χ1v) is 12.1. The molecule has 1 aliphatic heterocycles. The molecule has 0 aromatic heterocycles. The van der Waals surface area contributed by atoms with Crippen LogP contribution in [0.5, 0.6) is 0 Å². The van der Waals surface area contributed by atoms with Crippen LogP contribution >= 0.6 is 11.6 Å². The second kappa shape index (κ2) is 9.51. The summed E-state index contributed by atoms with van der Waals surface area (Å²) in [5.74, 6) is -0.640. The van der Waals surface area contributed by atoms with Gasteiger partial charge in [-0.25, -0.2) is 12.8 Å². The monoisotopic (exact) mass is 488 g/mol. The van der Waals surface area contributed by atoms with Gasteiger partial charge in [0.2, 0.25) is 0 Å². The Kier molecular flexibility index (Phi) is 6.69. The first kappa shape index (κ1) is 23.2. The van der Waals surface area contributed by atoms with Gasteiger partial charge in [0.05, 0.1) is 18.0 Å². The van der Waals surface area contributed by atoms with Crippen LogP contribution in [0.15, 0.2) is 71.6 Å². The van der Waals surface area contributed by atoms with Crippen molar-refractivity contribution in [1.29, 1.82) is 0 Å². The molecule has 1 fully saturated rings. The van der Waals surface area contributed by atoms with Crippen LogP contribution in [0.2, 0.25) is 5.02 Å². The quantitative estimate of drug-likeness (QED) is 0.559. The summed E-state index contributed by atoms with van der Waals surface area (Å²) < 4.78 is 46.9. The maximum Gasteiger partial charge on any atom is 0.261 e. The Hall–Kier alpha value is -2.94. The molecular formula is C24H22ClFN2O4S. The van der Waals surface area contributed by atoms with Crippen LogP contribution in [0.3, 0.4) is 0 Å². The molecule has 4 rings (SSSR count). The largest absolute Gasteiger partial charge is 0.370 e. The number of hydrogen-bond acceptors (Lipinski definition) is 4. The summed E-state index contributed by atoms with van der Waals surface area (Å²) in [6.07, 6.45) is -0.245. The lowest BCUT2D eigenvalue weighted by atomic mass is 10.1. The number of carbonyl (C=O) groups is 1. The van der Waals surface area contributed by atoms with E-state index in [2.05, 4.69) is 4.72 Å². The topological polar surface area (TPSA) is 75.7 Å². The SMILES string of the molecule is Cc1cc(S(=O)(=O)Nc2ccc(C(=O)N3CCOC(c4ccc(Cl)cc4)C3)cc2)ccc1F. The average Bonchev–Trinajstić information content (AvgIpc) is 2.81. The van der Waals surface area contributed by atoms with Gasteiger partial charge in [-0.2, -0.15) is 0 Å². The van der Waals surface area contributed by atoms with Crippen molar-refractivity contribution in [3.63, 3.8) is 0 Å². The first-order chi connectivity index (χ1) is 15.7. The number of amides is 1. The summed E-state index contributed by atoms with van der Waals surface area (Å²) >= 11 is 5.95. The second-order valence-electron chi connectivity index (χ2n) is 7.76. The van der Waals surface area contributed by atoms with E-state index in [1.54, 1.807) is 29.2 Å². The molecule has 0 radical (unpaired) electrons. The van der Waals surface area contributed by atoms with Crippen molar-refractivity contribution < 1.29 is 22.3 Å². The molecule has 0 saturated carbocycles.